The summed E-state index contributed by atoms with van der Waals surface area (Å²) in [6.45, 7) is 11.2. The first-order valence-corrected chi connectivity index (χ1v) is 9.94. The molecule has 0 bridgehead atoms. The number of aliphatic imine (C=N–C) groups is 1. The van der Waals surface area contributed by atoms with Crippen LogP contribution >= 0.6 is 35.3 Å². The fourth-order valence-corrected chi connectivity index (χ4v) is 3.87. The monoisotopic (exact) mass is 496 g/mol. The van der Waals surface area contributed by atoms with Crippen LogP contribution in [-0.2, 0) is 9.47 Å². The van der Waals surface area contributed by atoms with Crippen molar-refractivity contribution in [2.45, 2.75) is 39.0 Å². The molecule has 2 N–H and O–H groups in total. The van der Waals surface area contributed by atoms with Crippen molar-refractivity contribution in [1.29, 1.82) is 0 Å². The van der Waals surface area contributed by atoms with Gasteiger partial charge < -0.3 is 20.1 Å². The third-order valence-electron chi connectivity index (χ3n) is 4.15. The summed E-state index contributed by atoms with van der Waals surface area (Å²) in [4.78, 5) is 8.71. The van der Waals surface area contributed by atoms with Gasteiger partial charge in [-0.1, -0.05) is 6.07 Å². The molecule has 1 aliphatic rings. The van der Waals surface area contributed by atoms with Crippen LogP contribution in [0, 0.1) is 0 Å². The van der Waals surface area contributed by atoms with Gasteiger partial charge in [0.1, 0.15) is 0 Å². The number of morpholine rings is 1. The van der Waals surface area contributed by atoms with Gasteiger partial charge in [-0.05, 0) is 32.2 Å². The van der Waals surface area contributed by atoms with Crippen LogP contribution in [0.4, 0.5) is 0 Å². The standard InChI is InChI=1S/C18H32N4O2S.HI/c1-5-19-18(21-14(2)13-23-4)20-11-16(17-7-6-10-25-17)22-8-9-24-15(3)12-22;/h6-7,10,14-16H,5,8-9,11-13H2,1-4H3,(H2,19,20,21);1H. The van der Waals surface area contributed by atoms with Crippen molar-refractivity contribution in [3.05, 3.63) is 22.4 Å². The van der Waals surface area contributed by atoms with Gasteiger partial charge in [0.05, 0.1) is 31.9 Å². The normalized spacial score (nSPS) is 20.9. The summed E-state index contributed by atoms with van der Waals surface area (Å²) in [5.41, 5.74) is 0. The number of nitrogens with one attached hydrogen (secondary N) is 2. The lowest BCUT2D eigenvalue weighted by Gasteiger charge is -2.36. The summed E-state index contributed by atoms with van der Waals surface area (Å²) in [7, 11) is 1.72. The van der Waals surface area contributed by atoms with E-state index in [0.29, 0.717) is 12.6 Å². The largest absolute Gasteiger partial charge is 0.383 e. The molecule has 0 amide bonds. The molecule has 0 spiro atoms. The average Bonchev–Trinajstić information content (AvgIpc) is 3.10. The molecular weight excluding hydrogens is 463 g/mol. The molecule has 1 aliphatic heterocycles. The van der Waals surface area contributed by atoms with Crippen LogP contribution in [0.3, 0.4) is 0 Å². The van der Waals surface area contributed by atoms with Crippen LogP contribution in [0.1, 0.15) is 31.7 Å². The number of thiophene rings is 1. The Hall–Kier alpha value is -0.420. The third-order valence-corrected chi connectivity index (χ3v) is 5.12. The van der Waals surface area contributed by atoms with Crippen LogP contribution in [0.25, 0.3) is 0 Å². The Morgan fingerprint density at radius 3 is 2.96 bits per heavy atom. The van der Waals surface area contributed by atoms with Crippen molar-refractivity contribution in [3.63, 3.8) is 0 Å². The molecule has 1 aromatic heterocycles. The number of ether oxygens (including phenoxy) is 2. The number of nitrogens with zero attached hydrogens (tertiary/aromatic N) is 2. The van der Waals surface area contributed by atoms with Gasteiger partial charge in [0.15, 0.2) is 5.96 Å². The average molecular weight is 496 g/mol. The Morgan fingerprint density at radius 1 is 1.54 bits per heavy atom. The molecule has 0 saturated carbocycles. The Kier molecular flexibility index (Phi) is 11.7. The highest BCUT2D eigenvalue weighted by molar-refractivity contribution is 14.0. The van der Waals surface area contributed by atoms with Crippen LogP contribution < -0.4 is 10.6 Å². The van der Waals surface area contributed by atoms with Gasteiger partial charge in [-0.2, -0.15) is 0 Å². The zero-order valence-electron chi connectivity index (χ0n) is 16.2. The number of guanidine groups is 1. The van der Waals surface area contributed by atoms with Crippen molar-refractivity contribution >= 4 is 41.3 Å². The van der Waals surface area contributed by atoms with E-state index in [0.717, 1.165) is 38.7 Å². The van der Waals surface area contributed by atoms with Gasteiger partial charge in [-0.25, -0.2) is 0 Å². The first-order chi connectivity index (χ1) is 12.1. The van der Waals surface area contributed by atoms with E-state index in [1.165, 1.54) is 4.88 Å². The molecule has 0 aliphatic carbocycles. The molecule has 150 valence electrons. The molecule has 8 heteroatoms. The highest BCUT2D eigenvalue weighted by atomic mass is 127. The summed E-state index contributed by atoms with van der Waals surface area (Å²) < 4.78 is 10.9. The minimum Gasteiger partial charge on any atom is -0.383 e. The van der Waals surface area contributed by atoms with E-state index < -0.39 is 0 Å². The van der Waals surface area contributed by atoms with Crippen molar-refractivity contribution in [3.8, 4) is 0 Å². The lowest BCUT2D eigenvalue weighted by Crippen LogP contribution is -2.46. The van der Waals surface area contributed by atoms with Gasteiger partial charge in [0, 0.05) is 37.7 Å². The van der Waals surface area contributed by atoms with Gasteiger partial charge in [-0.3, -0.25) is 9.89 Å². The maximum absolute atomic E-state index is 5.71. The second-order valence-electron chi connectivity index (χ2n) is 6.43. The Labute approximate surface area is 178 Å². The summed E-state index contributed by atoms with van der Waals surface area (Å²) in [6.07, 6.45) is 0.272. The quantitative estimate of drug-likeness (QED) is 0.330. The van der Waals surface area contributed by atoms with E-state index in [9.17, 15) is 0 Å². The molecular formula is C18H33IN4O2S. The number of halogens is 1. The van der Waals surface area contributed by atoms with Crippen LogP contribution in [0.2, 0.25) is 0 Å². The van der Waals surface area contributed by atoms with E-state index in [-0.39, 0.29) is 36.1 Å². The van der Waals surface area contributed by atoms with E-state index >= 15 is 0 Å². The summed E-state index contributed by atoms with van der Waals surface area (Å²) in [6, 6.07) is 4.83. The lowest BCUT2D eigenvalue weighted by molar-refractivity contribution is -0.0327. The van der Waals surface area contributed by atoms with E-state index in [2.05, 4.69) is 53.8 Å². The highest BCUT2D eigenvalue weighted by Crippen LogP contribution is 2.27. The smallest absolute Gasteiger partial charge is 0.191 e. The highest BCUT2D eigenvalue weighted by Gasteiger charge is 2.26. The molecule has 1 aromatic rings. The third kappa shape index (κ3) is 7.67. The van der Waals surface area contributed by atoms with E-state index in [4.69, 9.17) is 14.5 Å². The predicted octanol–water partition coefficient (Wildman–Crippen LogP) is 2.72. The Balaban J connectivity index is 0.00000338. The van der Waals surface area contributed by atoms with Gasteiger partial charge >= 0.3 is 0 Å². The molecule has 0 aromatic carbocycles. The first-order valence-electron chi connectivity index (χ1n) is 9.06. The van der Waals surface area contributed by atoms with Crippen molar-refractivity contribution < 1.29 is 9.47 Å². The van der Waals surface area contributed by atoms with Crippen molar-refractivity contribution in [2.75, 3.05) is 46.5 Å². The molecule has 1 saturated heterocycles. The van der Waals surface area contributed by atoms with Crippen LogP contribution in [0.5, 0.6) is 0 Å². The molecule has 2 heterocycles. The van der Waals surface area contributed by atoms with Crippen molar-refractivity contribution in [2.24, 2.45) is 4.99 Å². The van der Waals surface area contributed by atoms with Gasteiger partial charge in [-0.15, -0.1) is 35.3 Å². The summed E-state index contributed by atoms with van der Waals surface area (Å²) in [5, 5.41) is 8.87. The van der Waals surface area contributed by atoms with Crippen molar-refractivity contribution in [1.82, 2.24) is 15.5 Å². The lowest BCUT2D eigenvalue weighted by atomic mass is 10.1. The SMILES string of the molecule is CCNC(=NCC(c1cccs1)N1CCOC(C)C1)NC(C)COC.I. The molecule has 1 fully saturated rings. The predicted molar refractivity (Wildman–Crippen MR) is 120 cm³/mol. The molecule has 3 unspecified atom stereocenters. The molecule has 3 atom stereocenters. The zero-order chi connectivity index (χ0) is 18.1. The molecule has 26 heavy (non-hydrogen) atoms. The maximum atomic E-state index is 5.71. The number of hydrogen-bond donors (Lipinski definition) is 2. The molecule has 2 rings (SSSR count). The summed E-state index contributed by atoms with van der Waals surface area (Å²) in [5.74, 6) is 0.843. The minimum atomic E-state index is 0. The minimum absolute atomic E-state index is 0. The number of hydrogen-bond acceptors (Lipinski definition) is 5. The molecule has 0 radical (unpaired) electrons. The maximum Gasteiger partial charge on any atom is 0.191 e. The van der Waals surface area contributed by atoms with Crippen LogP contribution in [0.15, 0.2) is 22.5 Å². The topological polar surface area (TPSA) is 58.1 Å². The number of methoxy groups -OCH3 is 1. The first kappa shape index (κ1) is 23.6. The number of rotatable bonds is 8. The van der Waals surface area contributed by atoms with E-state index in [1.807, 2.05) is 0 Å². The van der Waals surface area contributed by atoms with Crippen LogP contribution in [-0.4, -0.2) is 69.5 Å². The second kappa shape index (κ2) is 12.9. The van der Waals surface area contributed by atoms with Gasteiger partial charge in [0.25, 0.3) is 0 Å². The van der Waals surface area contributed by atoms with E-state index in [1.54, 1.807) is 18.4 Å². The fraction of sp³-hybridized carbons (Fsp3) is 0.722. The zero-order valence-corrected chi connectivity index (χ0v) is 19.4. The fourth-order valence-electron chi connectivity index (χ4n) is 3.02. The molecule has 6 nitrogen and oxygen atoms in total. The van der Waals surface area contributed by atoms with Gasteiger partial charge in [0.2, 0.25) is 0 Å². The Morgan fingerprint density at radius 2 is 2.35 bits per heavy atom. The Bertz CT molecular complexity index is 515. The summed E-state index contributed by atoms with van der Waals surface area (Å²) >= 11 is 1.80. The second-order valence-corrected chi connectivity index (χ2v) is 7.41.